The van der Waals surface area contributed by atoms with Crippen LogP contribution in [0.1, 0.15) is 31.5 Å². The van der Waals surface area contributed by atoms with Crippen molar-refractivity contribution in [1.29, 1.82) is 0 Å². The predicted molar refractivity (Wildman–Crippen MR) is 78.8 cm³/mol. The smallest absolute Gasteiger partial charge is 0.136 e. The fourth-order valence-electron chi connectivity index (χ4n) is 1.65. The summed E-state index contributed by atoms with van der Waals surface area (Å²) in [6, 6.07) is 8.17. The second-order valence-electron chi connectivity index (χ2n) is 4.26. The van der Waals surface area contributed by atoms with Gasteiger partial charge in [-0.1, -0.05) is 30.5 Å². The van der Waals surface area contributed by atoms with Crippen molar-refractivity contribution >= 4 is 16.5 Å². The summed E-state index contributed by atoms with van der Waals surface area (Å²) in [7, 11) is 0. The average molecular weight is 277 g/mol. The number of rotatable bonds is 7. The van der Waals surface area contributed by atoms with Crippen LogP contribution in [0.2, 0.25) is 0 Å². The Morgan fingerprint density at radius 2 is 2.00 bits per heavy atom. The van der Waals surface area contributed by atoms with Gasteiger partial charge in [0, 0.05) is 18.1 Å². The molecule has 0 fully saturated rings. The fourth-order valence-corrected chi connectivity index (χ4v) is 2.24. The van der Waals surface area contributed by atoms with Gasteiger partial charge in [0.15, 0.2) is 0 Å². The molecule has 102 valence electrons. The Balaban J connectivity index is 1.92. The molecule has 0 radical (unpaired) electrons. The van der Waals surface area contributed by atoms with Crippen LogP contribution in [0.3, 0.4) is 0 Å². The molecule has 0 atom stereocenters. The van der Waals surface area contributed by atoms with Gasteiger partial charge in [-0.05, 0) is 30.5 Å². The van der Waals surface area contributed by atoms with Gasteiger partial charge in [-0.15, -0.1) is 5.10 Å². The lowest BCUT2D eigenvalue weighted by Gasteiger charge is -2.07. The van der Waals surface area contributed by atoms with Gasteiger partial charge < -0.3 is 10.1 Å². The molecule has 0 aliphatic heterocycles. The summed E-state index contributed by atoms with van der Waals surface area (Å²) in [5.41, 5.74) is 2.19. The van der Waals surface area contributed by atoms with Crippen molar-refractivity contribution in [3.05, 3.63) is 35.5 Å². The summed E-state index contributed by atoms with van der Waals surface area (Å²) >= 11 is 1.38. The zero-order valence-corrected chi connectivity index (χ0v) is 12.2. The number of aryl methyl sites for hydroxylation is 1. The van der Waals surface area contributed by atoms with E-state index in [1.165, 1.54) is 17.1 Å². The fraction of sp³-hybridized carbons (Fsp3) is 0.429. The monoisotopic (exact) mass is 277 g/mol. The third-order valence-corrected chi connectivity index (χ3v) is 3.52. The van der Waals surface area contributed by atoms with Crippen LogP contribution in [-0.2, 0) is 13.0 Å². The van der Waals surface area contributed by atoms with E-state index in [4.69, 9.17) is 4.74 Å². The molecular formula is C14H19N3OS. The minimum Gasteiger partial charge on any atom is -0.487 e. The van der Waals surface area contributed by atoms with E-state index in [2.05, 4.69) is 40.9 Å². The highest BCUT2D eigenvalue weighted by Crippen LogP contribution is 2.20. The van der Waals surface area contributed by atoms with Crippen molar-refractivity contribution < 1.29 is 4.74 Å². The molecule has 1 heterocycles. The lowest BCUT2D eigenvalue weighted by atomic mass is 10.2. The number of hydrogen-bond donors (Lipinski definition) is 1. The van der Waals surface area contributed by atoms with Crippen molar-refractivity contribution in [2.24, 2.45) is 0 Å². The topological polar surface area (TPSA) is 47.0 Å². The van der Waals surface area contributed by atoms with Gasteiger partial charge in [-0.3, -0.25) is 0 Å². The van der Waals surface area contributed by atoms with Crippen molar-refractivity contribution in [2.75, 3.05) is 11.9 Å². The van der Waals surface area contributed by atoms with Crippen LogP contribution in [0.5, 0.6) is 5.75 Å². The van der Waals surface area contributed by atoms with Crippen LogP contribution in [0.4, 0.5) is 5.00 Å². The number of hydrogen-bond acceptors (Lipinski definition) is 5. The maximum absolute atomic E-state index is 5.73. The van der Waals surface area contributed by atoms with Crippen molar-refractivity contribution in [1.82, 2.24) is 9.59 Å². The quantitative estimate of drug-likeness (QED) is 0.841. The highest BCUT2D eigenvalue weighted by Gasteiger charge is 2.07. The Labute approximate surface area is 118 Å². The number of ether oxygens (including phenoxy) is 1. The van der Waals surface area contributed by atoms with Gasteiger partial charge in [0.2, 0.25) is 0 Å². The third kappa shape index (κ3) is 3.92. The highest BCUT2D eigenvalue weighted by molar-refractivity contribution is 7.10. The van der Waals surface area contributed by atoms with E-state index in [0.717, 1.165) is 35.8 Å². The molecule has 1 aromatic heterocycles. The molecule has 0 saturated carbocycles. The Morgan fingerprint density at radius 1 is 1.21 bits per heavy atom. The first kappa shape index (κ1) is 13.8. The molecule has 0 aliphatic rings. The number of aromatic nitrogens is 2. The van der Waals surface area contributed by atoms with Gasteiger partial charge in [0.1, 0.15) is 23.1 Å². The molecule has 0 spiro atoms. The summed E-state index contributed by atoms with van der Waals surface area (Å²) in [5.74, 6) is 0.867. The zero-order chi connectivity index (χ0) is 13.5. The number of anilines is 1. The van der Waals surface area contributed by atoms with E-state index >= 15 is 0 Å². The van der Waals surface area contributed by atoms with Crippen molar-refractivity contribution in [3.63, 3.8) is 0 Å². The molecule has 1 N–H and O–H groups in total. The highest BCUT2D eigenvalue weighted by atomic mass is 32.1. The molecule has 0 unspecified atom stereocenters. The van der Waals surface area contributed by atoms with E-state index in [0.29, 0.717) is 6.61 Å². The third-order valence-electron chi connectivity index (χ3n) is 2.80. The second kappa shape index (κ2) is 7.09. The van der Waals surface area contributed by atoms with Gasteiger partial charge in [0.05, 0.1) is 0 Å². The van der Waals surface area contributed by atoms with Crippen LogP contribution in [-0.4, -0.2) is 16.1 Å². The molecule has 0 aliphatic carbocycles. The van der Waals surface area contributed by atoms with E-state index in [-0.39, 0.29) is 0 Å². The minimum absolute atomic E-state index is 0.452. The molecule has 2 aromatic rings. The second-order valence-corrected chi connectivity index (χ2v) is 5.02. The van der Waals surface area contributed by atoms with E-state index in [1.54, 1.807) is 0 Å². The molecule has 1 aromatic carbocycles. The minimum atomic E-state index is 0.452. The largest absolute Gasteiger partial charge is 0.487 e. The SMILES string of the molecule is CCCNc1snnc1COc1ccc(CC)cc1. The van der Waals surface area contributed by atoms with Gasteiger partial charge in [-0.2, -0.15) is 0 Å². The number of nitrogens with zero attached hydrogens (tertiary/aromatic N) is 2. The Bertz CT molecular complexity index is 496. The predicted octanol–water partition coefficient (Wildman–Crippen LogP) is 3.50. The molecular weight excluding hydrogens is 258 g/mol. The summed E-state index contributed by atoms with van der Waals surface area (Å²) in [6.07, 6.45) is 2.12. The molecule has 0 saturated heterocycles. The molecule has 2 rings (SSSR count). The molecule has 0 amide bonds. The van der Waals surface area contributed by atoms with Crippen LogP contribution in [0, 0.1) is 0 Å². The molecule has 5 heteroatoms. The Hall–Kier alpha value is -1.62. The Kier molecular flexibility index (Phi) is 5.15. The normalized spacial score (nSPS) is 10.4. The molecule has 4 nitrogen and oxygen atoms in total. The maximum atomic E-state index is 5.73. The Morgan fingerprint density at radius 3 is 2.68 bits per heavy atom. The standard InChI is InChI=1S/C14H19N3OS/c1-3-9-15-14-13(16-17-19-14)10-18-12-7-5-11(4-2)6-8-12/h5-8,15H,3-4,9-10H2,1-2H3. The summed E-state index contributed by atoms with van der Waals surface area (Å²) in [5, 5.41) is 8.42. The number of benzene rings is 1. The molecule has 0 bridgehead atoms. The van der Waals surface area contributed by atoms with Crippen LogP contribution in [0.15, 0.2) is 24.3 Å². The van der Waals surface area contributed by atoms with E-state index in [9.17, 15) is 0 Å². The molecule has 19 heavy (non-hydrogen) atoms. The number of nitrogens with one attached hydrogen (secondary N) is 1. The summed E-state index contributed by atoms with van der Waals surface area (Å²) in [4.78, 5) is 0. The summed E-state index contributed by atoms with van der Waals surface area (Å²) < 4.78 is 9.70. The van der Waals surface area contributed by atoms with Gasteiger partial charge >= 0.3 is 0 Å². The van der Waals surface area contributed by atoms with E-state index in [1.807, 2.05) is 12.1 Å². The zero-order valence-electron chi connectivity index (χ0n) is 11.3. The first-order valence-corrected chi connectivity index (χ1v) is 7.37. The van der Waals surface area contributed by atoms with Crippen LogP contribution < -0.4 is 10.1 Å². The maximum Gasteiger partial charge on any atom is 0.136 e. The average Bonchev–Trinajstić information content (AvgIpc) is 2.91. The first-order chi connectivity index (χ1) is 9.33. The lowest BCUT2D eigenvalue weighted by Crippen LogP contribution is -2.03. The van der Waals surface area contributed by atoms with Gasteiger partial charge in [-0.25, -0.2) is 0 Å². The van der Waals surface area contributed by atoms with E-state index < -0.39 is 0 Å². The van der Waals surface area contributed by atoms with Crippen molar-refractivity contribution in [2.45, 2.75) is 33.3 Å². The van der Waals surface area contributed by atoms with Gasteiger partial charge in [0.25, 0.3) is 0 Å². The first-order valence-electron chi connectivity index (χ1n) is 6.60. The summed E-state index contributed by atoms with van der Waals surface area (Å²) in [6.45, 7) is 5.66. The van der Waals surface area contributed by atoms with Crippen LogP contribution in [0.25, 0.3) is 0 Å². The van der Waals surface area contributed by atoms with Crippen LogP contribution >= 0.6 is 11.5 Å². The van der Waals surface area contributed by atoms with Crippen molar-refractivity contribution in [3.8, 4) is 5.75 Å². The lowest BCUT2D eigenvalue weighted by molar-refractivity contribution is 0.301.